The van der Waals surface area contributed by atoms with E-state index in [-0.39, 0.29) is 0 Å². The molecule has 12 heavy (non-hydrogen) atoms. The van der Waals surface area contributed by atoms with Gasteiger partial charge < -0.3 is 0 Å². The Morgan fingerprint density at radius 1 is 1.75 bits per heavy atom. The fourth-order valence-electron chi connectivity index (χ4n) is 0.796. The SMILES string of the molecule is CC/C(C=O)=C/c1sccc1Cl. The number of halogens is 1. The Morgan fingerprint density at radius 2 is 2.50 bits per heavy atom. The Bertz CT molecular complexity index is 301. The second-order valence-corrected chi connectivity index (χ2v) is 3.68. The maximum atomic E-state index is 10.5. The van der Waals surface area contributed by atoms with Crippen molar-refractivity contribution in [1.29, 1.82) is 0 Å². The first-order valence-electron chi connectivity index (χ1n) is 3.66. The lowest BCUT2D eigenvalue weighted by Crippen LogP contribution is -1.79. The molecule has 0 unspecified atom stereocenters. The Morgan fingerprint density at radius 3 is 2.92 bits per heavy atom. The number of hydrogen-bond donors (Lipinski definition) is 0. The first kappa shape index (κ1) is 9.49. The molecule has 0 bridgehead atoms. The Balaban J connectivity index is 2.92. The molecule has 0 N–H and O–H groups in total. The first-order valence-corrected chi connectivity index (χ1v) is 4.92. The molecule has 0 atom stereocenters. The topological polar surface area (TPSA) is 17.1 Å². The first-order chi connectivity index (χ1) is 5.77. The number of thiophene rings is 1. The standard InChI is InChI=1S/C9H9ClOS/c1-2-7(6-11)5-9-8(10)3-4-12-9/h3-6H,2H2,1H3/b7-5-. The second-order valence-electron chi connectivity index (χ2n) is 2.32. The number of carbonyl (C=O) groups excluding carboxylic acids is 1. The number of hydrogen-bond acceptors (Lipinski definition) is 2. The maximum Gasteiger partial charge on any atom is 0.146 e. The van der Waals surface area contributed by atoms with E-state index in [4.69, 9.17) is 11.6 Å². The third kappa shape index (κ3) is 2.19. The second kappa shape index (κ2) is 4.43. The van der Waals surface area contributed by atoms with Crippen molar-refractivity contribution < 1.29 is 4.79 Å². The van der Waals surface area contributed by atoms with Crippen LogP contribution in [0, 0.1) is 0 Å². The molecule has 1 rings (SSSR count). The predicted molar refractivity (Wildman–Crippen MR) is 53.7 cm³/mol. The maximum absolute atomic E-state index is 10.5. The molecule has 0 saturated heterocycles. The van der Waals surface area contributed by atoms with Crippen LogP contribution in [0.25, 0.3) is 6.08 Å². The average molecular weight is 201 g/mol. The molecule has 0 fully saturated rings. The minimum absolute atomic E-state index is 0.716. The number of carbonyl (C=O) groups is 1. The molecule has 0 aliphatic carbocycles. The van der Waals surface area contributed by atoms with Crippen molar-refractivity contribution in [3.63, 3.8) is 0 Å². The van der Waals surface area contributed by atoms with Crippen molar-refractivity contribution in [2.45, 2.75) is 13.3 Å². The van der Waals surface area contributed by atoms with E-state index in [1.807, 2.05) is 24.4 Å². The zero-order chi connectivity index (χ0) is 8.97. The van der Waals surface area contributed by atoms with Gasteiger partial charge in [0, 0.05) is 4.88 Å². The number of rotatable bonds is 3. The third-order valence-corrected chi connectivity index (χ3v) is 2.83. The van der Waals surface area contributed by atoms with Gasteiger partial charge in [-0.15, -0.1) is 11.3 Å². The molecule has 1 aromatic heterocycles. The summed E-state index contributed by atoms with van der Waals surface area (Å²) >= 11 is 7.39. The monoisotopic (exact) mass is 200 g/mol. The van der Waals surface area contributed by atoms with Crippen LogP contribution in [-0.4, -0.2) is 6.29 Å². The summed E-state index contributed by atoms with van der Waals surface area (Å²) < 4.78 is 0. The third-order valence-electron chi connectivity index (χ3n) is 1.52. The molecule has 1 nitrogen and oxygen atoms in total. The minimum atomic E-state index is 0.716. The van der Waals surface area contributed by atoms with Crippen molar-refractivity contribution >= 4 is 35.3 Å². The van der Waals surface area contributed by atoms with Gasteiger partial charge in [-0.05, 0) is 29.5 Å². The van der Waals surface area contributed by atoms with Gasteiger partial charge in [0.05, 0.1) is 5.02 Å². The highest BCUT2D eigenvalue weighted by atomic mass is 35.5. The summed E-state index contributed by atoms with van der Waals surface area (Å²) in [6.45, 7) is 1.95. The van der Waals surface area contributed by atoms with Crippen molar-refractivity contribution in [3.05, 3.63) is 26.9 Å². The summed E-state index contributed by atoms with van der Waals surface area (Å²) in [5, 5.41) is 2.62. The molecule has 1 heterocycles. The molecule has 0 spiro atoms. The van der Waals surface area contributed by atoms with Crippen LogP contribution < -0.4 is 0 Å². The molecule has 3 heteroatoms. The van der Waals surface area contributed by atoms with Crippen LogP contribution in [0.4, 0.5) is 0 Å². The Labute approximate surface area is 80.7 Å². The molecule has 0 saturated carbocycles. The predicted octanol–water partition coefficient (Wildman–Crippen LogP) is 3.39. The van der Waals surface area contributed by atoms with Crippen LogP contribution in [0.3, 0.4) is 0 Å². The van der Waals surface area contributed by atoms with E-state index in [2.05, 4.69) is 0 Å². The van der Waals surface area contributed by atoms with Crippen LogP contribution in [0.1, 0.15) is 18.2 Å². The molecular weight excluding hydrogens is 192 g/mol. The zero-order valence-electron chi connectivity index (χ0n) is 6.71. The highest BCUT2D eigenvalue weighted by Crippen LogP contribution is 2.24. The van der Waals surface area contributed by atoms with E-state index in [9.17, 15) is 4.79 Å². The molecular formula is C9H9ClOS. The Hall–Kier alpha value is -0.600. The van der Waals surface area contributed by atoms with Crippen molar-refractivity contribution in [2.24, 2.45) is 0 Å². The lowest BCUT2D eigenvalue weighted by molar-refractivity contribution is -0.104. The normalized spacial score (nSPS) is 11.7. The number of allylic oxidation sites excluding steroid dienone is 1. The van der Waals surface area contributed by atoms with Gasteiger partial charge in [0.2, 0.25) is 0 Å². The van der Waals surface area contributed by atoms with Gasteiger partial charge in [0.15, 0.2) is 0 Å². The molecule has 1 aromatic rings. The fraction of sp³-hybridized carbons (Fsp3) is 0.222. The van der Waals surface area contributed by atoms with Crippen LogP contribution in [0.5, 0.6) is 0 Å². The van der Waals surface area contributed by atoms with Gasteiger partial charge >= 0.3 is 0 Å². The quantitative estimate of drug-likeness (QED) is 0.540. The smallest absolute Gasteiger partial charge is 0.146 e. The lowest BCUT2D eigenvalue weighted by Gasteiger charge is -1.92. The van der Waals surface area contributed by atoms with E-state index in [0.29, 0.717) is 5.02 Å². The average Bonchev–Trinajstić information content (AvgIpc) is 2.47. The van der Waals surface area contributed by atoms with Crippen molar-refractivity contribution in [2.75, 3.05) is 0 Å². The van der Waals surface area contributed by atoms with Crippen molar-refractivity contribution in [1.82, 2.24) is 0 Å². The van der Waals surface area contributed by atoms with Crippen LogP contribution in [0.15, 0.2) is 17.0 Å². The molecule has 64 valence electrons. The highest BCUT2D eigenvalue weighted by molar-refractivity contribution is 7.11. The summed E-state index contributed by atoms with van der Waals surface area (Å²) in [4.78, 5) is 11.4. The van der Waals surface area contributed by atoms with Crippen molar-refractivity contribution in [3.8, 4) is 0 Å². The molecule has 0 aliphatic heterocycles. The van der Waals surface area contributed by atoms with Gasteiger partial charge in [-0.2, -0.15) is 0 Å². The summed E-state index contributed by atoms with van der Waals surface area (Å²) in [6.07, 6.45) is 3.45. The van der Waals surface area contributed by atoms with Crippen LogP contribution in [0.2, 0.25) is 5.02 Å². The van der Waals surface area contributed by atoms with Crippen LogP contribution in [-0.2, 0) is 4.79 Å². The van der Waals surface area contributed by atoms with Crippen LogP contribution >= 0.6 is 22.9 Å². The van der Waals surface area contributed by atoms with Gasteiger partial charge in [-0.25, -0.2) is 0 Å². The van der Waals surface area contributed by atoms with Gasteiger partial charge in [0.25, 0.3) is 0 Å². The highest BCUT2D eigenvalue weighted by Gasteiger charge is 1.99. The summed E-state index contributed by atoms with van der Waals surface area (Å²) in [5.41, 5.74) is 0.777. The molecule has 0 aliphatic rings. The zero-order valence-corrected chi connectivity index (χ0v) is 8.28. The summed E-state index contributed by atoms with van der Waals surface area (Å²) in [7, 11) is 0. The van der Waals surface area contributed by atoms with E-state index in [1.165, 1.54) is 0 Å². The van der Waals surface area contributed by atoms with E-state index >= 15 is 0 Å². The van der Waals surface area contributed by atoms with Gasteiger partial charge in [0.1, 0.15) is 6.29 Å². The van der Waals surface area contributed by atoms with Gasteiger partial charge in [-0.1, -0.05) is 18.5 Å². The number of aldehydes is 1. The lowest BCUT2D eigenvalue weighted by atomic mass is 10.2. The Kier molecular flexibility index (Phi) is 3.50. The molecule has 0 amide bonds. The summed E-state index contributed by atoms with van der Waals surface area (Å²) in [5.74, 6) is 0. The molecule has 0 aromatic carbocycles. The molecule has 0 radical (unpaired) electrons. The van der Waals surface area contributed by atoms with E-state index in [1.54, 1.807) is 11.3 Å². The van der Waals surface area contributed by atoms with E-state index < -0.39 is 0 Å². The summed E-state index contributed by atoms with van der Waals surface area (Å²) in [6, 6.07) is 1.83. The largest absolute Gasteiger partial charge is 0.298 e. The fourth-order valence-corrected chi connectivity index (χ4v) is 1.87. The van der Waals surface area contributed by atoms with E-state index in [0.717, 1.165) is 23.2 Å². The van der Waals surface area contributed by atoms with Gasteiger partial charge in [-0.3, -0.25) is 4.79 Å². The minimum Gasteiger partial charge on any atom is -0.298 e.